The van der Waals surface area contributed by atoms with Crippen LogP contribution in [0.4, 0.5) is 5.69 Å². The third kappa shape index (κ3) is 2.75. The minimum atomic E-state index is -4.03. The SMILES string of the molecule is COc1ccc(NS(=O)(=O)c2c[nH]ccc2=O)cc1O. The summed E-state index contributed by atoms with van der Waals surface area (Å²) in [6, 6.07) is 5.11. The van der Waals surface area contributed by atoms with Gasteiger partial charge in [-0.15, -0.1) is 0 Å². The van der Waals surface area contributed by atoms with Crippen LogP contribution in [0.5, 0.6) is 11.5 Å². The molecular weight excluding hydrogens is 284 g/mol. The lowest BCUT2D eigenvalue weighted by atomic mass is 10.3. The number of rotatable bonds is 4. The molecule has 0 fully saturated rings. The summed E-state index contributed by atoms with van der Waals surface area (Å²) >= 11 is 0. The molecule has 2 aromatic rings. The number of aromatic nitrogens is 1. The first-order valence-electron chi connectivity index (χ1n) is 5.51. The molecule has 0 saturated heterocycles. The molecule has 0 saturated carbocycles. The number of hydrogen-bond acceptors (Lipinski definition) is 5. The fourth-order valence-electron chi connectivity index (χ4n) is 1.57. The Labute approximate surface area is 114 Å². The molecule has 0 aliphatic carbocycles. The Morgan fingerprint density at radius 2 is 2.05 bits per heavy atom. The molecule has 7 nitrogen and oxygen atoms in total. The topological polar surface area (TPSA) is 108 Å². The van der Waals surface area contributed by atoms with Crippen LogP contribution in [0.25, 0.3) is 0 Å². The van der Waals surface area contributed by atoms with Gasteiger partial charge in [-0.1, -0.05) is 0 Å². The smallest absolute Gasteiger partial charge is 0.267 e. The van der Waals surface area contributed by atoms with Crippen LogP contribution in [0, 0.1) is 0 Å². The molecule has 3 N–H and O–H groups in total. The molecule has 0 aliphatic rings. The van der Waals surface area contributed by atoms with Crippen molar-refractivity contribution in [2.75, 3.05) is 11.8 Å². The van der Waals surface area contributed by atoms with Crippen LogP contribution in [0.3, 0.4) is 0 Å². The minimum Gasteiger partial charge on any atom is -0.504 e. The van der Waals surface area contributed by atoms with E-state index in [0.29, 0.717) is 0 Å². The van der Waals surface area contributed by atoms with Crippen molar-refractivity contribution in [3.05, 3.63) is 46.9 Å². The Bertz CT molecular complexity index is 782. The van der Waals surface area contributed by atoms with Gasteiger partial charge in [0, 0.05) is 24.5 Å². The lowest BCUT2D eigenvalue weighted by Gasteiger charge is -2.09. The number of anilines is 1. The summed E-state index contributed by atoms with van der Waals surface area (Å²) in [5.74, 6) is 0.000164. The first-order chi connectivity index (χ1) is 9.44. The summed E-state index contributed by atoms with van der Waals surface area (Å²) in [5.41, 5.74) is -0.513. The van der Waals surface area contributed by atoms with Crippen LogP contribution in [0.2, 0.25) is 0 Å². The number of H-pyrrole nitrogens is 1. The number of nitrogens with one attached hydrogen (secondary N) is 2. The van der Waals surface area contributed by atoms with Gasteiger partial charge in [0.2, 0.25) is 5.43 Å². The molecule has 20 heavy (non-hydrogen) atoms. The Morgan fingerprint density at radius 3 is 2.65 bits per heavy atom. The van der Waals surface area contributed by atoms with Crippen LogP contribution in [0.1, 0.15) is 0 Å². The zero-order valence-corrected chi connectivity index (χ0v) is 11.3. The molecule has 0 radical (unpaired) electrons. The zero-order valence-electron chi connectivity index (χ0n) is 10.5. The van der Waals surface area contributed by atoms with E-state index in [0.717, 1.165) is 12.3 Å². The predicted molar refractivity (Wildman–Crippen MR) is 72.5 cm³/mol. The maximum absolute atomic E-state index is 12.0. The van der Waals surface area contributed by atoms with E-state index >= 15 is 0 Å². The van der Waals surface area contributed by atoms with E-state index in [1.807, 2.05) is 0 Å². The highest BCUT2D eigenvalue weighted by molar-refractivity contribution is 7.92. The second-order valence-electron chi connectivity index (χ2n) is 3.86. The summed E-state index contributed by atoms with van der Waals surface area (Å²) in [4.78, 5) is 13.6. The summed E-state index contributed by atoms with van der Waals surface area (Å²) in [6.07, 6.45) is 2.43. The van der Waals surface area contributed by atoms with Gasteiger partial charge in [-0.3, -0.25) is 9.52 Å². The van der Waals surface area contributed by atoms with Crippen molar-refractivity contribution in [1.29, 1.82) is 0 Å². The van der Waals surface area contributed by atoms with Crippen molar-refractivity contribution in [3.8, 4) is 11.5 Å². The van der Waals surface area contributed by atoms with Crippen LogP contribution in [0.15, 0.2) is 46.3 Å². The molecule has 2 rings (SSSR count). The molecule has 1 heterocycles. The Hall–Kier alpha value is -2.48. The quantitative estimate of drug-likeness (QED) is 0.776. The highest BCUT2D eigenvalue weighted by atomic mass is 32.2. The van der Waals surface area contributed by atoms with Gasteiger partial charge < -0.3 is 14.8 Å². The number of ether oxygens (including phenoxy) is 1. The third-order valence-corrected chi connectivity index (χ3v) is 3.91. The number of pyridine rings is 1. The van der Waals surface area contributed by atoms with E-state index in [1.54, 1.807) is 0 Å². The normalized spacial score (nSPS) is 11.1. The van der Waals surface area contributed by atoms with Crippen LogP contribution >= 0.6 is 0 Å². The molecule has 1 aromatic carbocycles. The maximum atomic E-state index is 12.0. The third-order valence-electron chi connectivity index (χ3n) is 2.51. The van der Waals surface area contributed by atoms with E-state index in [1.165, 1.54) is 31.5 Å². The van der Waals surface area contributed by atoms with Gasteiger partial charge in [0.1, 0.15) is 0 Å². The first kappa shape index (κ1) is 13.9. The van der Waals surface area contributed by atoms with E-state index in [-0.39, 0.29) is 17.2 Å². The number of benzene rings is 1. The number of hydrogen-bond donors (Lipinski definition) is 3. The number of phenols is 1. The van der Waals surface area contributed by atoms with E-state index in [2.05, 4.69) is 9.71 Å². The molecule has 0 atom stereocenters. The average Bonchev–Trinajstić information content (AvgIpc) is 2.38. The second kappa shape index (κ2) is 5.25. The van der Waals surface area contributed by atoms with Gasteiger partial charge in [-0.2, -0.15) is 0 Å². The lowest BCUT2D eigenvalue weighted by Crippen LogP contribution is -2.20. The average molecular weight is 296 g/mol. The maximum Gasteiger partial charge on any atom is 0.267 e. The highest BCUT2D eigenvalue weighted by Gasteiger charge is 2.18. The fraction of sp³-hybridized carbons (Fsp3) is 0.0833. The number of sulfonamides is 1. The van der Waals surface area contributed by atoms with Gasteiger partial charge in [-0.05, 0) is 12.1 Å². The van der Waals surface area contributed by atoms with E-state index < -0.39 is 20.3 Å². The Kier molecular flexibility index (Phi) is 3.66. The molecule has 0 bridgehead atoms. The summed E-state index contributed by atoms with van der Waals surface area (Å²) < 4.78 is 31.1. The van der Waals surface area contributed by atoms with Gasteiger partial charge in [0.25, 0.3) is 10.0 Å². The standard InChI is InChI=1S/C12H12N2O5S/c1-19-11-3-2-8(6-10(11)16)14-20(17,18)12-7-13-5-4-9(12)15/h2-7,14,16H,1H3,(H,13,15). The molecule has 1 aromatic heterocycles. The molecule has 0 amide bonds. The van der Waals surface area contributed by atoms with Crippen LogP contribution in [-0.4, -0.2) is 25.6 Å². The molecule has 106 valence electrons. The number of methoxy groups -OCH3 is 1. The summed E-state index contributed by atoms with van der Waals surface area (Å²) in [5, 5.41) is 9.59. The second-order valence-corrected chi connectivity index (χ2v) is 5.52. The van der Waals surface area contributed by atoms with Crippen molar-refractivity contribution < 1.29 is 18.3 Å². The van der Waals surface area contributed by atoms with Crippen molar-refractivity contribution in [3.63, 3.8) is 0 Å². The van der Waals surface area contributed by atoms with Gasteiger partial charge >= 0.3 is 0 Å². The summed E-state index contributed by atoms with van der Waals surface area (Å²) in [6.45, 7) is 0. The number of aromatic amines is 1. The molecule has 0 aliphatic heterocycles. The molecule has 8 heteroatoms. The number of aromatic hydroxyl groups is 1. The Morgan fingerprint density at radius 1 is 1.30 bits per heavy atom. The summed E-state index contributed by atoms with van der Waals surface area (Å²) in [7, 11) is -2.65. The molecule has 0 spiro atoms. The molecular formula is C12H12N2O5S. The van der Waals surface area contributed by atoms with Gasteiger partial charge in [0.15, 0.2) is 16.4 Å². The highest BCUT2D eigenvalue weighted by Crippen LogP contribution is 2.29. The monoisotopic (exact) mass is 296 g/mol. The van der Waals surface area contributed by atoms with E-state index in [9.17, 15) is 18.3 Å². The lowest BCUT2D eigenvalue weighted by molar-refractivity contribution is 0.373. The largest absolute Gasteiger partial charge is 0.504 e. The van der Waals surface area contributed by atoms with Crippen molar-refractivity contribution in [2.24, 2.45) is 0 Å². The van der Waals surface area contributed by atoms with Gasteiger partial charge in [0.05, 0.1) is 12.8 Å². The van der Waals surface area contributed by atoms with Gasteiger partial charge in [-0.25, -0.2) is 8.42 Å². The fourth-order valence-corrected chi connectivity index (χ4v) is 2.68. The Balaban J connectivity index is 2.36. The van der Waals surface area contributed by atoms with Crippen molar-refractivity contribution >= 4 is 15.7 Å². The van der Waals surface area contributed by atoms with Crippen molar-refractivity contribution in [1.82, 2.24) is 4.98 Å². The number of phenolic OH excluding ortho intramolecular Hbond substituents is 1. The minimum absolute atomic E-state index is 0.117. The molecule has 0 unspecified atom stereocenters. The van der Waals surface area contributed by atoms with Crippen molar-refractivity contribution in [2.45, 2.75) is 4.90 Å². The first-order valence-corrected chi connectivity index (χ1v) is 6.99. The predicted octanol–water partition coefficient (Wildman–Crippen LogP) is 0.890. The van der Waals surface area contributed by atoms with E-state index in [4.69, 9.17) is 4.74 Å². The van der Waals surface area contributed by atoms with Crippen LogP contribution < -0.4 is 14.9 Å². The van der Waals surface area contributed by atoms with Crippen LogP contribution in [-0.2, 0) is 10.0 Å². The zero-order chi connectivity index (χ0) is 14.8.